The van der Waals surface area contributed by atoms with Gasteiger partial charge in [-0.25, -0.2) is 0 Å². The molecule has 31 heavy (non-hydrogen) atoms. The van der Waals surface area contributed by atoms with Crippen LogP contribution in [0, 0.1) is 12.8 Å². The molecule has 5 heteroatoms. The van der Waals surface area contributed by atoms with Crippen molar-refractivity contribution in [2.24, 2.45) is 5.92 Å². The fourth-order valence-corrected chi connectivity index (χ4v) is 6.29. The van der Waals surface area contributed by atoms with E-state index in [0.717, 1.165) is 68.4 Å². The van der Waals surface area contributed by atoms with Gasteiger partial charge in [0.2, 0.25) is 5.91 Å². The number of rotatable bonds is 3. The molecule has 2 saturated heterocycles. The molecule has 0 bridgehead atoms. The minimum absolute atomic E-state index is 0.0687. The average molecular weight is 420 g/mol. The summed E-state index contributed by atoms with van der Waals surface area (Å²) in [5.74, 6) is 0.0429. The van der Waals surface area contributed by atoms with Gasteiger partial charge in [0, 0.05) is 11.6 Å². The Morgan fingerprint density at radius 1 is 0.968 bits per heavy atom. The zero-order valence-electron chi connectivity index (χ0n) is 18.3. The van der Waals surface area contributed by atoms with E-state index < -0.39 is 11.1 Å². The lowest BCUT2D eigenvalue weighted by atomic mass is 9.68. The molecule has 3 N–H and O–H groups in total. The van der Waals surface area contributed by atoms with Crippen molar-refractivity contribution in [3.63, 3.8) is 0 Å². The number of amides is 1. The predicted octanol–water partition coefficient (Wildman–Crippen LogP) is 3.46. The van der Waals surface area contributed by atoms with Crippen LogP contribution in [0.1, 0.15) is 49.7 Å². The molecular weight excluding hydrogens is 386 g/mol. The Hall–Kier alpha value is -2.37. The number of carbonyl (C=O) groups excluding carboxylic acids is 1. The Kier molecular flexibility index (Phi) is 5.27. The van der Waals surface area contributed by atoms with Gasteiger partial charge in [-0.15, -0.1) is 0 Å². The van der Waals surface area contributed by atoms with E-state index >= 15 is 0 Å². The molecule has 3 fully saturated rings. The van der Waals surface area contributed by atoms with Crippen LogP contribution < -0.4 is 15.5 Å². The normalized spacial score (nSPS) is 30.4. The third kappa shape index (κ3) is 3.26. The highest BCUT2D eigenvalue weighted by Crippen LogP contribution is 2.49. The van der Waals surface area contributed by atoms with Crippen LogP contribution in [-0.2, 0) is 10.4 Å². The second kappa shape index (κ2) is 7.95. The molecule has 2 aromatic rings. The van der Waals surface area contributed by atoms with E-state index in [4.69, 9.17) is 0 Å². The maximum atomic E-state index is 13.5. The lowest BCUT2D eigenvalue weighted by Gasteiger charge is -2.49. The first kappa shape index (κ1) is 20.5. The quantitative estimate of drug-likeness (QED) is 0.713. The van der Waals surface area contributed by atoms with Crippen molar-refractivity contribution in [2.75, 3.05) is 18.0 Å². The van der Waals surface area contributed by atoms with Gasteiger partial charge < -0.3 is 20.6 Å². The van der Waals surface area contributed by atoms with E-state index in [1.54, 1.807) is 0 Å². The second-order valence-electron chi connectivity index (χ2n) is 9.50. The van der Waals surface area contributed by atoms with E-state index in [9.17, 15) is 9.90 Å². The maximum absolute atomic E-state index is 13.5. The fourth-order valence-electron chi connectivity index (χ4n) is 6.29. The summed E-state index contributed by atoms with van der Waals surface area (Å²) in [6, 6.07) is 18.5. The first-order valence-corrected chi connectivity index (χ1v) is 11.7. The van der Waals surface area contributed by atoms with Crippen molar-refractivity contribution in [1.29, 1.82) is 0 Å². The van der Waals surface area contributed by atoms with E-state index in [1.165, 1.54) is 0 Å². The minimum atomic E-state index is -0.951. The molecule has 3 atom stereocenters. The molecule has 2 aliphatic heterocycles. The maximum Gasteiger partial charge on any atom is 0.247 e. The number of piperidine rings is 1. The minimum Gasteiger partial charge on any atom is -0.385 e. The number of anilines is 1. The standard InChI is InChI=1S/C26H33N3O2/c1-19-9-5-6-12-21(19)26(31)14-8-7-13-22(26)23-28-24(30)25(15-17-27-18-16-25)29(23)20-10-3-2-4-11-20/h2-6,9-12,22-23,27,31H,7-8,13-18H2,1H3,(H,28,30). The predicted molar refractivity (Wildman–Crippen MR) is 123 cm³/mol. The summed E-state index contributed by atoms with van der Waals surface area (Å²) in [6.45, 7) is 3.74. The zero-order valence-corrected chi connectivity index (χ0v) is 18.3. The highest BCUT2D eigenvalue weighted by Gasteiger charge is 2.58. The van der Waals surface area contributed by atoms with E-state index in [1.807, 2.05) is 30.3 Å². The Labute approximate surface area is 184 Å². The van der Waals surface area contributed by atoms with E-state index in [2.05, 4.69) is 46.7 Å². The van der Waals surface area contributed by atoms with Gasteiger partial charge >= 0.3 is 0 Å². The first-order chi connectivity index (χ1) is 15.1. The summed E-state index contributed by atoms with van der Waals surface area (Å²) >= 11 is 0. The number of nitrogens with one attached hydrogen (secondary N) is 2. The summed E-state index contributed by atoms with van der Waals surface area (Å²) in [6.07, 6.45) is 5.03. The van der Waals surface area contributed by atoms with Crippen LogP contribution in [0.4, 0.5) is 5.69 Å². The van der Waals surface area contributed by atoms with Crippen molar-refractivity contribution in [1.82, 2.24) is 10.6 Å². The average Bonchev–Trinajstić information content (AvgIpc) is 3.06. The number of aliphatic hydroxyl groups is 1. The number of benzene rings is 2. The van der Waals surface area contributed by atoms with Gasteiger partial charge in [-0.3, -0.25) is 4.79 Å². The van der Waals surface area contributed by atoms with Crippen molar-refractivity contribution in [2.45, 2.75) is 62.8 Å². The molecular formula is C26H33N3O2. The molecule has 1 amide bonds. The molecule has 3 unspecified atom stereocenters. The van der Waals surface area contributed by atoms with Gasteiger partial charge in [-0.2, -0.15) is 0 Å². The van der Waals surface area contributed by atoms with Gasteiger partial charge in [-0.05, 0) is 69.0 Å². The Balaban J connectivity index is 1.61. The van der Waals surface area contributed by atoms with Crippen LogP contribution in [0.15, 0.2) is 54.6 Å². The Bertz CT molecular complexity index is 941. The van der Waals surface area contributed by atoms with Crippen molar-refractivity contribution in [3.8, 4) is 0 Å². The summed E-state index contributed by atoms with van der Waals surface area (Å²) in [5, 5.41) is 19.0. The summed E-state index contributed by atoms with van der Waals surface area (Å²) in [7, 11) is 0. The van der Waals surface area contributed by atoms with Gasteiger partial charge in [-0.1, -0.05) is 55.3 Å². The van der Waals surface area contributed by atoms with Gasteiger partial charge in [0.25, 0.3) is 0 Å². The molecule has 5 rings (SSSR count). The number of nitrogens with zero attached hydrogens (tertiary/aromatic N) is 1. The monoisotopic (exact) mass is 419 g/mol. The van der Waals surface area contributed by atoms with E-state index in [0.29, 0.717) is 0 Å². The highest BCUT2D eigenvalue weighted by atomic mass is 16.3. The van der Waals surface area contributed by atoms with Crippen LogP contribution in [-0.4, -0.2) is 35.8 Å². The lowest BCUT2D eigenvalue weighted by Crippen LogP contribution is -2.59. The summed E-state index contributed by atoms with van der Waals surface area (Å²) in [5.41, 5.74) is 1.68. The molecule has 5 nitrogen and oxygen atoms in total. The number of para-hydroxylation sites is 1. The number of hydrogen-bond donors (Lipinski definition) is 3. The molecule has 3 aliphatic rings. The van der Waals surface area contributed by atoms with Gasteiger partial charge in [0.15, 0.2) is 0 Å². The molecule has 1 saturated carbocycles. The molecule has 1 aliphatic carbocycles. The van der Waals surface area contributed by atoms with Crippen LogP contribution >= 0.6 is 0 Å². The van der Waals surface area contributed by atoms with Crippen LogP contribution in [0.2, 0.25) is 0 Å². The van der Waals surface area contributed by atoms with Crippen LogP contribution in [0.25, 0.3) is 0 Å². The lowest BCUT2D eigenvalue weighted by molar-refractivity contribution is -0.125. The first-order valence-electron chi connectivity index (χ1n) is 11.7. The van der Waals surface area contributed by atoms with Crippen molar-refractivity contribution >= 4 is 11.6 Å². The molecule has 2 heterocycles. The zero-order chi connectivity index (χ0) is 21.5. The summed E-state index contributed by atoms with van der Waals surface area (Å²) in [4.78, 5) is 15.9. The topological polar surface area (TPSA) is 64.6 Å². The Morgan fingerprint density at radius 3 is 2.42 bits per heavy atom. The molecule has 164 valence electrons. The van der Waals surface area contributed by atoms with Crippen LogP contribution in [0.3, 0.4) is 0 Å². The molecule has 2 aromatic carbocycles. The second-order valence-corrected chi connectivity index (χ2v) is 9.50. The van der Waals surface area contributed by atoms with E-state index in [-0.39, 0.29) is 18.0 Å². The highest BCUT2D eigenvalue weighted by molar-refractivity contribution is 5.94. The number of aryl methyl sites for hydroxylation is 1. The number of carbonyl (C=O) groups is 1. The fraction of sp³-hybridized carbons (Fsp3) is 0.500. The van der Waals surface area contributed by atoms with Crippen molar-refractivity contribution in [3.05, 3.63) is 65.7 Å². The smallest absolute Gasteiger partial charge is 0.247 e. The Morgan fingerprint density at radius 2 is 1.68 bits per heavy atom. The number of hydrogen-bond acceptors (Lipinski definition) is 4. The van der Waals surface area contributed by atoms with Gasteiger partial charge in [0.05, 0.1) is 5.60 Å². The third-order valence-corrected chi connectivity index (χ3v) is 7.84. The molecule has 0 aromatic heterocycles. The molecule has 0 radical (unpaired) electrons. The van der Waals surface area contributed by atoms with Gasteiger partial charge in [0.1, 0.15) is 11.7 Å². The SMILES string of the molecule is Cc1ccccc1C1(O)CCCCC1C1NC(=O)C2(CCNCC2)N1c1ccccc1. The summed E-state index contributed by atoms with van der Waals surface area (Å²) < 4.78 is 0. The third-order valence-electron chi connectivity index (χ3n) is 7.84. The largest absolute Gasteiger partial charge is 0.385 e. The van der Waals surface area contributed by atoms with Crippen molar-refractivity contribution < 1.29 is 9.90 Å². The molecule has 1 spiro atoms. The van der Waals surface area contributed by atoms with Crippen LogP contribution in [0.5, 0.6) is 0 Å².